The van der Waals surface area contributed by atoms with E-state index in [1.165, 1.54) is 31.1 Å². The molecule has 2 radical (unpaired) electrons. The summed E-state index contributed by atoms with van der Waals surface area (Å²) in [6.07, 6.45) is 18.0. The molecule has 0 aromatic heterocycles. The van der Waals surface area contributed by atoms with E-state index >= 15 is 0 Å². The van der Waals surface area contributed by atoms with E-state index in [9.17, 15) is 20.1 Å². The molecule has 6 rings (SSSR count). The molecule has 4 aromatic rings. The van der Waals surface area contributed by atoms with Gasteiger partial charge in [0.15, 0.2) is 13.6 Å². The molecule has 0 amide bonds. The third-order valence-corrected chi connectivity index (χ3v) is 12.2. The number of phenolic OH excluding ortho intramolecular Hbond substituents is 2. The van der Waals surface area contributed by atoms with Crippen LogP contribution >= 0.6 is 0 Å². The number of allylic oxidation sites excluding steroid dienone is 1. The summed E-state index contributed by atoms with van der Waals surface area (Å²) in [5, 5.41) is 29.1. The fourth-order valence-corrected chi connectivity index (χ4v) is 8.70. The fourth-order valence-electron chi connectivity index (χ4n) is 8.70. The number of phenols is 2. The Hall–Kier alpha value is -2.72. The summed E-state index contributed by atoms with van der Waals surface area (Å²) < 4.78 is 32.9. The Kier molecular flexibility index (Phi) is 28.1. The van der Waals surface area contributed by atoms with Crippen LogP contribution < -0.4 is 18.9 Å². The van der Waals surface area contributed by atoms with E-state index in [4.69, 9.17) is 28.4 Å². The van der Waals surface area contributed by atoms with Gasteiger partial charge in [-0.25, -0.2) is 0 Å². The molecule has 3 atom stereocenters. The van der Waals surface area contributed by atoms with Crippen molar-refractivity contribution in [2.24, 2.45) is 5.92 Å². The third-order valence-electron chi connectivity index (χ3n) is 12.2. The van der Waals surface area contributed by atoms with Gasteiger partial charge < -0.3 is 43.7 Å². The van der Waals surface area contributed by atoms with Crippen LogP contribution in [0, 0.1) is 100 Å². The number of aromatic hydroxyl groups is 2. The van der Waals surface area contributed by atoms with Crippen molar-refractivity contribution in [2.45, 2.75) is 115 Å². The first-order chi connectivity index (χ1) is 31.3. The Labute approximate surface area is 460 Å². The van der Waals surface area contributed by atoms with Crippen molar-refractivity contribution >= 4 is 5.97 Å². The number of carboxylic acids is 1. The average Bonchev–Trinajstić information content (AvgIpc) is 3.30. The number of carboxylic acid groups (broad SMARTS) is 1. The summed E-state index contributed by atoms with van der Waals surface area (Å²) >= 11 is 0. The largest absolute Gasteiger partial charge is 0.510 e. The Morgan fingerprint density at radius 2 is 1.15 bits per heavy atom. The second-order valence-corrected chi connectivity index (χ2v) is 16.8. The number of unbranched alkanes of at least 4 members (excludes halogenated alkanes) is 9. The third kappa shape index (κ3) is 18.3. The minimum atomic E-state index is -0.624. The normalized spacial score (nSPS) is 15.2. The number of hydrogen-bond donors (Lipinski definition) is 3. The molecule has 2 heterocycles. The van der Waals surface area contributed by atoms with Crippen molar-refractivity contribution in [2.75, 3.05) is 41.0 Å². The van der Waals surface area contributed by atoms with Gasteiger partial charge in [0, 0.05) is 109 Å². The second-order valence-electron chi connectivity index (χ2n) is 16.8. The molecule has 2 aliphatic rings. The van der Waals surface area contributed by atoms with Crippen LogP contribution in [-0.2, 0) is 14.3 Å². The first kappa shape index (κ1) is 57.6. The molecule has 0 aliphatic carbocycles. The van der Waals surface area contributed by atoms with E-state index in [0.29, 0.717) is 13.2 Å². The molecule has 0 bridgehead atoms. The van der Waals surface area contributed by atoms with E-state index in [0.717, 1.165) is 122 Å². The number of ether oxygens (including phenoxy) is 6. The standard InChI is InChI=1S/C32H45O5.C22H25O5.2Pr/c1-2-3-4-7-10-13-25(32(35)36)14-11-8-5-6-9-12-15-28-29-21-20-27(34)22-31(29)37-23-30(28)24-16-18-26(33)19-17-24;1-4-5-19-20-11-10-18(27-15-24-3)12-22(20)25-13-21(19)16-6-8-17(9-7-16)26-14-23-2;;/h16-22,25,28,33-34H,2-15,23H2,1H3,(H,35,36);4,6-12,19H,1,5,13-15H2,2-3H3;;/q2*-1;;. The van der Waals surface area contributed by atoms with Gasteiger partial charge in [-0.3, -0.25) is 4.79 Å². The minimum absolute atomic E-state index is 0. The number of benzene rings is 4. The maximum Gasteiger partial charge on any atom is 0.306 e. The molecular weight excluding hydrogens is 1090 g/mol. The summed E-state index contributed by atoms with van der Waals surface area (Å²) in [4.78, 5) is 11.6. The Morgan fingerprint density at radius 1 is 0.667 bits per heavy atom. The summed E-state index contributed by atoms with van der Waals surface area (Å²) in [5.74, 6) is 5.66. The van der Waals surface area contributed by atoms with Crippen molar-refractivity contribution in [3.05, 3.63) is 132 Å². The molecule has 66 heavy (non-hydrogen) atoms. The number of hydrogen-bond acceptors (Lipinski definition) is 9. The fraction of sp³-hybridized carbons (Fsp3) is 0.463. The van der Waals surface area contributed by atoms with Gasteiger partial charge in [0.05, 0.1) is 30.6 Å². The number of fused-ring (bicyclic) bond motifs is 2. The van der Waals surface area contributed by atoms with E-state index in [1.54, 1.807) is 38.5 Å². The monoisotopic (exact) mass is 1160 g/mol. The van der Waals surface area contributed by atoms with E-state index < -0.39 is 5.97 Å². The molecule has 3 unspecified atom stereocenters. The summed E-state index contributed by atoms with van der Waals surface area (Å²) in [6.45, 7) is 7.58. The van der Waals surface area contributed by atoms with Crippen LogP contribution in [0.1, 0.15) is 137 Å². The molecule has 10 nitrogen and oxygen atoms in total. The average molecular weight is 1160 g/mol. The SMILES string of the molecule is C=CCC1c2ccc(OCOC)cc2OC[C-]1c1ccc(OCOC)cc1.CCCCCCCC(CCCCCCCCC1c2ccc(O)cc2OC[C-]1c1ccc(O)cc1)C(=O)O.[Pr].[Pr]. The van der Waals surface area contributed by atoms with Crippen molar-refractivity contribution in [3.8, 4) is 34.5 Å². The first-order valence-corrected chi connectivity index (χ1v) is 23.2. The van der Waals surface area contributed by atoms with Gasteiger partial charge in [0.2, 0.25) is 0 Å². The topological polar surface area (TPSA) is 133 Å². The van der Waals surface area contributed by atoms with E-state index in [2.05, 4.69) is 31.7 Å². The van der Waals surface area contributed by atoms with Gasteiger partial charge in [0.25, 0.3) is 0 Å². The predicted octanol–water partition coefficient (Wildman–Crippen LogP) is 12.7. The summed E-state index contributed by atoms with van der Waals surface area (Å²) in [5.41, 5.74) is 4.47. The second kappa shape index (κ2) is 32.2. The molecule has 2 aliphatic heterocycles. The molecule has 0 saturated carbocycles. The quantitative estimate of drug-likeness (QED) is 0.0242. The number of methoxy groups -OCH3 is 2. The van der Waals surface area contributed by atoms with Gasteiger partial charge >= 0.3 is 5.97 Å². The Balaban J connectivity index is 0.000000355. The minimum Gasteiger partial charge on any atom is -0.510 e. The van der Waals surface area contributed by atoms with Crippen LogP contribution in [-0.4, -0.2) is 62.3 Å². The van der Waals surface area contributed by atoms with Crippen LogP contribution in [0.5, 0.6) is 34.5 Å². The van der Waals surface area contributed by atoms with Gasteiger partial charge in [0.1, 0.15) is 23.0 Å². The van der Waals surface area contributed by atoms with E-state index in [-0.39, 0.29) is 125 Å². The predicted molar refractivity (Wildman–Crippen MR) is 252 cm³/mol. The van der Waals surface area contributed by atoms with Gasteiger partial charge in [-0.05, 0) is 54.4 Å². The molecule has 12 heteroatoms. The molecule has 354 valence electrons. The Bertz CT molecular complexity index is 1970. The van der Waals surface area contributed by atoms with Crippen molar-refractivity contribution in [1.82, 2.24) is 0 Å². The Morgan fingerprint density at radius 3 is 1.74 bits per heavy atom. The molecular formula is C54H70O10Pr2-2. The molecule has 0 spiro atoms. The van der Waals surface area contributed by atoms with Crippen molar-refractivity contribution in [3.63, 3.8) is 0 Å². The zero-order valence-electron chi connectivity index (χ0n) is 39.4. The maximum atomic E-state index is 11.6. The number of carbonyl (C=O) groups is 1. The molecule has 0 saturated heterocycles. The van der Waals surface area contributed by atoms with Crippen LogP contribution in [0.2, 0.25) is 0 Å². The van der Waals surface area contributed by atoms with E-state index in [1.807, 2.05) is 48.5 Å². The molecule has 4 aromatic carbocycles. The van der Waals surface area contributed by atoms with Crippen LogP contribution in [0.25, 0.3) is 0 Å². The van der Waals surface area contributed by atoms with Gasteiger partial charge in [-0.2, -0.15) is 35.4 Å². The summed E-state index contributed by atoms with van der Waals surface area (Å²) in [7, 11) is 3.20. The van der Waals surface area contributed by atoms with Gasteiger partial charge in [-0.1, -0.05) is 126 Å². The smallest absolute Gasteiger partial charge is 0.306 e. The maximum absolute atomic E-state index is 11.6. The molecule has 0 fully saturated rings. The van der Waals surface area contributed by atoms with Crippen LogP contribution in [0.3, 0.4) is 0 Å². The van der Waals surface area contributed by atoms with Crippen LogP contribution in [0.15, 0.2) is 97.6 Å². The molecule has 3 N–H and O–H groups in total. The number of aliphatic carboxylic acids is 1. The van der Waals surface area contributed by atoms with Gasteiger partial charge in [-0.15, -0.1) is 18.4 Å². The van der Waals surface area contributed by atoms with Crippen molar-refractivity contribution < 1.29 is 131 Å². The number of rotatable bonds is 26. The first-order valence-electron chi connectivity index (χ1n) is 23.2. The zero-order chi connectivity index (χ0) is 45.5. The van der Waals surface area contributed by atoms with Crippen LogP contribution in [0.4, 0.5) is 0 Å². The van der Waals surface area contributed by atoms with Crippen molar-refractivity contribution in [1.29, 1.82) is 0 Å². The summed E-state index contributed by atoms with van der Waals surface area (Å²) in [6, 6.07) is 26.7. The zero-order valence-corrected chi connectivity index (χ0v) is 46.8.